The second-order valence-corrected chi connectivity index (χ2v) is 11.6. The molecule has 6 heteroatoms. The summed E-state index contributed by atoms with van der Waals surface area (Å²) in [5.41, 5.74) is 1.23. The zero-order valence-electron chi connectivity index (χ0n) is 24.9. The van der Waals surface area contributed by atoms with Crippen LogP contribution in [0.5, 0.6) is 0 Å². The summed E-state index contributed by atoms with van der Waals surface area (Å²) in [6.45, 7) is 3.53. The van der Waals surface area contributed by atoms with Gasteiger partial charge in [-0.1, -0.05) is 121 Å². The number of aliphatic hydroxyl groups is 2. The number of rotatable bonds is 14. The molecule has 0 spiro atoms. The second-order valence-electron chi connectivity index (χ2n) is 11.6. The molecule has 0 heterocycles. The lowest BCUT2D eigenvalue weighted by Gasteiger charge is -2.36. The Balaban J connectivity index is 1.42. The smallest absolute Gasteiger partial charge is 0.229 e. The van der Waals surface area contributed by atoms with E-state index in [1.165, 1.54) is 0 Å². The van der Waals surface area contributed by atoms with Crippen LogP contribution in [0.3, 0.4) is 0 Å². The SMILES string of the molecule is CC(NC(=O)CC(=O)NC(C)C(O)(Cc1ccccc1)Cc1ccccc1)C(O)(Cc1ccccc1)Cc1ccccc1. The summed E-state index contributed by atoms with van der Waals surface area (Å²) in [5, 5.41) is 29.5. The normalized spacial score (nSPS) is 13.1. The highest BCUT2D eigenvalue weighted by Crippen LogP contribution is 2.25. The second kappa shape index (κ2) is 14.8. The van der Waals surface area contributed by atoms with E-state index in [-0.39, 0.29) is 0 Å². The van der Waals surface area contributed by atoms with Crippen molar-refractivity contribution in [3.63, 3.8) is 0 Å². The molecule has 43 heavy (non-hydrogen) atoms. The van der Waals surface area contributed by atoms with Gasteiger partial charge < -0.3 is 20.8 Å². The van der Waals surface area contributed by atoms with E-state index in [1.54, 1.807) is 13.8 Å². The molecule has 2 unspecified atom stereocenters. The van der Waals surface area contributed by atoms with Crippen molar-refractivity contribution in [1.82, 2.24) is 10.6 Å². The lowest BCUT2D eigenvalue weighted by molar-refractivity contribution is -0.132. The number of carbonyl (C=O) groups excluding carboxylic acids is 2. The summed E-state index contributed by atoms with van der Waals surface area (Å²) < 4.78 is 0. The van der Waals surface area contributed by atoms with Crippen LogP contribution in [0.15, 0.2) is 121 Å². The van der Waals surface area contributed by atoms with Gasteiger partial charge in [-0.2, -0.15) is 0 Å². The van der Waals surface area contributed by atoms with E-state index in [2.05, 4.69) is 10.6 Å². The summed E-state index contributed by atoms with van der Waals surface area (Å²) in [6.07, 6.45) is 0.909. The van der Waals surface area contributed by atoms with Gasteiger partial charge in [-0.25, -0.2) is 0 Å². The molecule has 4 rings (SSSR count). The molecule has 4 aromatic carbocycles. The lowest BCUT2D eigenvalue weighted by atomic mass is 9.82. The van der Waals surface area contributed by atoms with Crippen LogP contribution in [0, 0.1) is 0 Å². The van der Waals surface area contributed by atoms with Crippen LogP contribution in [-0.2, 0) is 35.3 Å². The predicted octanol–water partition coefficient (Wildman–Crippen LogP) is 4.82. The Morgan fingerprint density at radius 3 is 0.977 bits per heavy atom. The molecule has 0 aliphatic rings. The first kappa shape index (κ1) is 31.7. The van der Waals surface area contributed by atoms with Gasteiger partial charge >= 0.3 is 0 Å². The first-order chi connectivity index (χ1) is 20.6. The molecule has 0 aromatic heterocycles. The number of hydrogen-bond acceptors (Lipinski definition) is 4. The fraction of sp³-hybridized carbons (Fsp3) is 0.297. The topological polar surface area (TPSA) is 98.7 Å². The van der Waals surface area contributed by atoms with Gasteiger partial charge in [0.2, 0.25) is 11.8 Å². The van der Waals surface area contributed by atoms with Crippen LogP contribution in [0.25, 0.3) is 0 Å². The van der Waals surface area contributed by atoms with Crippen LogP contribution in [0.1, 0.15) is 42.5 Å². The number of hydrogen-bond donors (Lipinski definition) is 4. The fourth-order valence-electron chi connectivity index (χ4n) is 5.53. The third-order valence-electron chi connectivity index (χ3n) is 8.10. The molecule has 2 atom stereocenters. The lowest BCUT2D eigenvalue weighted by Crippen LogP contribution is -2.56. The fourth-order valence-corrected chi connectivity index (χ4v) is 5.53. The molecular formula is C37H42N2O4. The van der Waals surface area contributed by atoms with Gasteiger partial charge in [-0.3, -0.25) is 9.59 Å². The third kappa shape index (κ3) is 9.37. The molecule has 0 aliphatic carbocycles. The van der Waals surface area contributed by atoms with Crippen LogP contribution in [0.2, 0.25) is 0 Å². The zero-order valence-corrected chi connectivity index (χ0v) is 24.9. The Labute approximate surface area is 254 Å². The van der Waals surface area contributed by atoms with Gasteiger partial charge in [0.05, 0.1) is 23.3 Å². The zero-order chi connectivity index (χ0) is 30.7. The van der Waals surface area contributed by atoms with Crippen molar-refractivity contribution in [1.29, 1.82) is 0 Å². The Bertz CT molecular complexity index is 1230. The molecule has 0 radical (unpaired) electrons. The van der Waals surface area contributed by atoms with E-state index >= 15 is 0 Å². The van der Waals surface area contributed by atoms with Gasteiger partial charge in [-0.15, -0.1) is 0 Å². The van der Waals surface area contributed by atoms with E-state index in [0.29, 0.717) is 25.7 Å². The van der Waals surface area contributed by atoms with Crippen LogP contribution in [0.4, 0.5) is 0 Å². The van der Waals surface area contributed by atoms with Crippen molar-refractivity contribution in [3.05, 3.63) is 144 Å². The maximum absolute atomic E-state index is 13.1. The highest BCUT2D eigenvalue weighted by atomic mass is 16.3. The summed E-state index contributed by atoms with van der Waals surface area (Å²) in [7, 11) is 0. The average molecular weight is 579 g/mol. The molecule has 0 bridgehead atoms. The van der Waals surface area contributed by atoms with Gasteiger partial charge in [0.1, 0.15) is 6.42 Å². The van der Waals surface area contributed by atoms with Crippen molar-refractivity contribution < 1.29 is 19.8 Å². The molecule has 6 nitrogen and oxygen atoms in total. The van der Waals surface area contributed by atoms with E-state index in [1.807, 2.05) is 121 Å². The summed E-state index contributed by atoms with van der Waals surface area (Å²) in [4.78, 5) is 26.2. The van der Waals surface area contributed by atoms with Crippen LogP contribution in [-0.4, -0.2) is 45.3 Å². The number of nitrogens with one attached hydrogen (secondary N) is 2. The number of amides is 2. The van der Waals surface area contributed by atoms with Crippen molar-refractivity contribution in [2.24, 2.45) is 0 Å². The molecule has 0 aliphatic heterocycles. The van der Waals surface area contributed by atoms with Crippen molar-refractivity contribution in [2.45, 2.75) is 69.2 Å². The minimum absolute atomic E-state index is 0.333. The number of benzene rings is 4. The maximum atomic E-state index is 13.1. The first-order valence-corrected chi connectivity index (χ1v) is 14.8. The first-order valence-electron chi connectivity index (χ1n) is 14.8. The molecule has 2 amide bonds. The predicted molar refractivity (Wildman–Crippen MR) is 170 cm³/mol. The Morgan fingerprint density at radius 2 is 0.744 bits per heavy atom. The third-order valence-corrected chi connectivity index (χ3v) is 8.10. The maximum Gasteiger partial charge on any atom is 0.229 e. The summed E-state index contributed by atoms with van der Waals surface area (Å²) in [6, 6.07) is 37.4. The number of carbonyl (C=O) groups is 2. The standard InChI is InChI=1S/C37H42N2O4/c1-28(36(42,24-30-15-7-3-8-16-30)25-31-17-9-4-10-18-31)38-34(40)23-35(41)39-29(2)37(43,26-32-19-11-5-12-20-32)27-33-21-13-6-14-22-33/h3-22,28-29,42-43H,23-27H2,1-2H3,(H,38,40)(H,39,41). The van der Waals surface area contributed by atoms with E-state index in [9.17, 15) is 19.8 Å². The highest BCUT2D eigenvalue weighted by Gasteiger charge is 2.37. The Morgan fingerprint density at radius 1 is 0.512 bits per heavy atom. The quantitative estimate of drug-likeness (QED) is 0.161. The molecule has 0 saturated carbocycles. The van der Waals surface area contributed by atoms with Crippen molar-refractivity contribution in [2.75, 3.05) is 0 Å². The van der Waals surface area contributed by atoms with Crippen LogP contribution >= 0.6 is 0 Å². The van der Waals surface area contributed by atoms with Gasteiger partial charge in [-0.05, 0) is 36.1 Å². The monoisotopic (exact) mass is 578 g/mol. The molecule has 224 valence electrons. The largest absolute Gasteiger partial charge is 0.387 e. The average Bonchev–Trinajstić information content (AvgIpc) is 2.99. The molecular weight excluding hydrogens is 536 g/mol. The van der Waals surface area contributed by atoms with Crippen LogP contribution < -0.4 is 10.6 Å². The van der Waals surface area contributed by atoms with E-state index < -0.39 is 41.5 Å². The molecule has 4 N–H and O–H groups in total. The van der Waals surface area contributed by atoms with Gasteiger partial charge in [0, 0.05) is 25.7 Å². The molecule has 0 fully saturated rings. The molecule has 0 saturated heterocycles. The summed E-state index contributed by atoms with van der Waals surface area (Å²) >= 11 is 0. The minimum atomic E-state index is -1.28. The van der Waals surface area contributed by atoms with Crippen molar-refractivity contribution >= 4 is 11.8 Å². The minimum Gasteiger partial charge on any atom is -0.387 e. The Hall–Kier alpha value is -4.26. The summed E-state index contributed by atoms with van der Waals surface area (Å²) in [5.74, 6) is -0.988. The van der Waals surface area contributed by atoms with E-state index in [0.717, 1.165) is 22.3 Å². The molecule has 4 aromatic rings. The Kier molecular flexibility index (Phi) is 10.9. The van der Waals surface area contributed by atoms with Crippen molar-refractivity contribution in [3.8, 4) is 0 Å². The highest BCUT2D eigenvalue weighted by molar-refractivity contribution is 5.97. The van der Waals surface area contributed by atoms with Gasteiger partial charge in [0.15, 0.2) is 0 Å². The van der Waals surface area contributed by atoms with Gasteiger partial charge in [0.25, 0.3) is 0 Å². The van der Waals surface area contributed by atoms with E-state index in [4.69, 9.17) is 0 Å².